The van der Waals surface area contributed by atoms with E-state index in [-0.39, 0.29) is 0 Å². The fourth-order valence-electron chi connectivity index (χ4n) is 1.70. The fourth-order valence-corrected chi connectivity index (χ4v) is 1.70. The van der Waals surface area contributed by atoms with Crippen LogP contribution in [0.25, 0.3) is 0 Å². The molecule has 2 nitrogen and oxygen atoms in total. The van der Waals surface area contributed by atoms with E-state index < -0.39 is 0 Å². The molecule has 1 aliphatic carbocycles. The van der Waals surface area contributed by atoms with E-state index in [9.17, 15) is 0 Å². The molecule has 1 aromatic carbocycles. The Bertz CT molecular complexity index is 269. The molecule has 0 radical (unpaired) electrons. The summed E-state index contributed by atoms with van der Waals surface area (Å²) in [5.74, 6) is 8.00. The van der Waals surface area contributed by atoms with Crippen molar-refractivity contribution in [1.29, 1.82) is 0 Å². The Hall–Kier alpha value is -1.12. The van der Waals surface area contributed by atoms with Crippen LogP contribution in [0.3, 0.4) is 0 Å². The molecule has 0 fully saturated rings. The quantitative estimate of drug-likeness (QED) is 0.376. The number of aryl methyl sites for hydroxylation is 3. The highest BCUT2D eigenvalue weighted by Gasteiger charge is 2.08. The highest BCUT2D eigenvalue weighted by atomic mass is 15.0. The molecule has 0 unspecified atom stereocenters. The van der Waals surface area contributed by atoms with Crippen LogP contribution >= 0.6 is 0 Å². The summed E-state index contributed by atoms with van der Waals surface area (Å²) in [5.41, 5.74) is 4.56. The summed E-state index contributed by atoms with van der Waals surface area (Å²) >= 11 is 0. The minimum atomic E-state index is 1.30. The van der Waals surface area contributed by atoms with Gasteiger partial charge in [-0.2, -0.15) is 0 Å². The van der Waals surface area contributed by atoms with Crippen molar-refractivity contribution >= 4 is 0 Å². The third-order valence-electron chi connectivity index (χ3n) is 2.25. The van der Waals surface area contributed by atoms with Crippen molar-refractivity contribution in [2.24, 2.45) is 11.7 Å². The zero-order chi connectivity index (χ0) is 11.0. The standard InChI is InChI=1S/C10H12.C2H4.H4N2/c1-8-5-6-9-3-2-4-10(9)7-8;2*1-2/h5-7H,2-4H2,1H3;2*1-2H2. The van der Waals surface area contributed by atoms with Gasteiger partial charge < -0.3 is 0 Å². The Balaban J connectivity index is 0.000000379. The molecule has 0 heterocycles. The lowest BCUT2D eigenvalue weighted by atomic mass is 10.1. The molecule has 14 heavy (non-hydrogen) atoms. The maximum Gasteiger partial charge on any atom is -0.0273 e. The average molecular weight is 192 g/mol. The average Bonchev–Trinajstić information content (AvgIpc) is 2.71. The SMILES string of the molecule is C=C.Cc1ccc2c(c1)CCC2.NN. The first kappa shape index (κ1) is 12.9. The summed E-state index contributed by atoms with van der Waals surface area (Å²) in [4.78, 5) is 0. The molecule has 2 heteroatoms. The molecular weight excluding hydrogens is 172 g/mol. The van der Waals surface area contributed by atoms with Crippen molar-refractivity contribution in [3.05, 3.63) is 48.0 Å². The van der Waals surface area contributed by atoms with E-state index in [1.165, 1.54) is 24.8 Å². The zero-order valence-corrected chi connectivity index (χ0v) is 8.92. The lowest BCUT2D eigenvalue weighted by Gasteiger charge is -1.98. The van der Waals surface area contributed by atoms with Gasteiger partial charge in [-0.05, 0) is 37.3 Å². The van der Waals surface area contributed by atoms with Gasteiger partial charge in [0.2, 0.25) is 0 Å². The van der Waals surface area contributed by atoms with Crippen molar-refractivity contribution in [3.63, 3.8) is 0 Å². The van der Waals surface area contributed by atoms with Crippen LogP contribution < -0.4 is 11.7 Å². The van der Waals surface area contributed by atoms with Crippen molar-refractivity contribution in [2.45, 2.75) is 26.2 Å². The van der Waals surface area contributed by atoms with Gasteiger partial charge in [-0.3, -0.25) is 11.7 Å². The Labute approximate surface area is 86.6 Å². The van der Waals surface area contributed by atoms with Gasteiger partial charge in [-0.25, -0.2) is 0 Å². The number of rotatable bonds is 0. The Morgan fingerprint density at radius 1 is 1.07 bits per heavy atom. The van der Waals surface area contributed by atoms with Crippen LogP contribution in [0.5, 0.6) is 0 Å². The monoisotopic (exact) mass is 192 g/mol. The first-order chi connectivity index (χ1) is 6.86. The van der Waals surface area contributed by atoms with Gasteiger partial charge in [0.15, 0.2) is 0 Å². The number of hydrogen-bond acceptors (Lipinski definition) is 2. The van der Waals surface area contributed by atoms with Crippen molar-refractivity contribution in [1.82, 2.24) is 0 Å². The van der Waals surface area contributed by atoms with Gasteiger partial charge in [0, 0.05) is 0 Å². The van der Waals surface area contributed by atoms with Crippen LogP contribution in [0.1, 0.15) is 23.1 Å². The Kier molecular flexibility index (Phi) is 6.72. The molecule has 78 valence electrons. The minimum absolute atomic E-state index is 1.30. The maximum atomic E-state index is 4.00. The summed E-state index contributed by atoms with van der Waals surface area (Å²) in [7, 11) is 0. The van der Waals surface area contributed by atoms with Gasteiger partial charge >= 0.3 is 0 Å². The Morgan fingerprint density at radius 2 is 1.64 bits per heavy atom. The van der Waals surface area contributed by atoms with Crippen LogP contribution in [-0.2, 0) is 12.8 Å². The lowest BCUT2D eigenvalue weighted by Crippen LogP contribution is -2.02. The normalized spacial score (nSPS) is 11.6. The highest BCUT2D eigenvalue weighted by Crippen LogP contribution is 2.22. The number of hydrogen-bond donors (Lipinski definition) is 2. The van der Waals surface area contributed by atoms with Crippen LogP contribution in [-0.4, -0.2) is 0 Å². The second kappa shape index (κ2) is 7.30. The molecule has 0 amide bonds. The van der Waals surface area contributed by atoms with E-state index in [1.807, 2.05) is 0 Å². The molecule has 0 saturated carbocycles. The summed E-state index contributed by atoms with van der Waals surface area (Å²) in [5, 5.41) is 0. The van der Waals surface area contributed by atoms with Gasteiger partial charge in [0.25, 0.3) is 0 Å². The lowest BCUT2D eigenvalue weighted by molar-refractivity contribution is 0.911. The van der Waals surface area contributed by atoms with E-state index in [1.54, 1.807) is 11.1 Å². The van der Waals surface area contributed by atoms with Crippen LogP contribution in [0, 0.1) is 6.92 Å². The highest BCUT2D eigenvalue weighted by molar-refractivity contribution is 5.34. The largest absolute Gasteiger partial charge is 0.274 e. The molecule has 1 aromatic rings. The van der Waals surface area contributed by atoms with E-state index >= 15 is 0 Å². The smallest absolute Gasteiger partial charge is 0.0273 e. The molecule has 0 aromatic heterocycles. The fraction of sp³-hybridized carbons (Fsp3) is 0.333. The second-order valence-electron chi connectivity index (χ2n) is 3.13. The summed E-state index contributed by atoms with van der Waals surface area (Å²) in [6, 6.07) is 6.81. The predicted molar refractivity (Wildman–Crippen MR) is 62.8 cm³/mol. The molecule has 0 spiro atoms. The Morgan fingerprint density at radius 3 is 2.29 bits per heavy atom. The third kappa shape index (κ3) is 3.32. The third-order valence-corrected chi connectivity index (χ3v) is 2.25. The summed E-state index contributed by atoms with van der Waals surface area (Å²) in [6.45, 7) is 8.17. The van der Waals surface area contributed by atoms with E-state index in [2.05, 4.69) is 50.0 Å². The number of fused-ring (bicyclic) bond motifs is 1. The topological polar surface area (TPSA) is 52.0 Å². The molecule has 0 atom stereocenters. The minimum Gasteiger partial charge on any atom is -0.274 e. The van der Waals surface area contributed by atoms with E-state index in [0.29, 0.717) is 0 Å². The van der Waals surface area contributed by atoms with Crippen LogP contribution in [0.2, 0.25) is 0 Å². The summed E-state index contributed by atoms with van der Waals surface area (Å²) in [6.07, 6.45) is 3.96. The first-order valence-electron chi connectivity index (χ1n) is 4.78. The molecule has 2 rings (SSSR count). The van der Waals surface area contributed by atoms with E-state index in [0.717, 1.165) is 0 Å². The van der Waals surface area contributed by atoms with E-state index in [4.69, 9.17) is 0 Å². The number of benzene rings is 1. The van der Waals surface area contributed by atoms with Gasteiger partial charge in [0.05, 0.1) is 0 Å². The van der Waals surface area contributed by atoms with Crippen LogP contribution in [0.4, 0.5) is 0 Å². The molecule has 0 aliphatic heterocycles. The van der Waals surface area contributed by atoms with Crippen LogP contribution in [0.15, 0.2) is 31.4 Å². The van der Waals surface area contributed by atoms with Gasteiger partial charge in [-0.1, -0.05) is 23.8 Å². The number of hydrazine groups is 1. The maximum absolute atomic E-state index is 4.00. The second-order valence-corrected chi connectivity index (χ2v) is 3.13. The first-order valence-corrected chi connectivity index (χ1v) is 4.78. The van der Waals surface area contributed by atoms with Gasteiger partial charge in [0.1, 0.15) is 0 Å². The predicted octanol–water partition coefficient (Wildman–Crippen LogP) is 2.10. The molecule has 0 bridgehead atoms. The molecule has 1 aliphatic rings. The van der Waals surface area contributed by atoms with Crippen molar-refractivity contribution in [2.75, 3.05) is 0 Å². The number of nitrogens with two attached hydrogens (primary N) is 2. The molecular formula is C12H20N2. The van der Waals surface area contributed by atoms with Gasteiger partial charge in [-0.15, -0.1) is 13.2 Å². The summed E-state index contributed by atoms with van der Waals surface area (Å²) < 4.78 is 0. The van der Waals surface area contributed by atoms with Crippen molar-refractivity contribution in [3.8, 4) is 0 Å². The molecule has 0 saturated heterocycles. The van der Waals surface area contributed by atoms with Crippen molar-refractivity contribution < 1.29 is 0 Å². The molecule has 4 N–H and O–H groups in total. The zero-order valence-electron chi connectivity index (χ0n) is 8.92.